The van der Waals surface area contributed by atoms with Crippen molar-refractivity contribution in [3.8, 4) is 0 Å². The quantitative estimate of drug-likeness (QED) is 0.570. The Balaban J connectivity index is 2.75. The van der Waals surface area contributed by atoms with Crippen LogP contribution in [0.3, 0.4) is 0 Å². The molecule has 0 unspecified atom stereocenters. The lowest BCUT2D eigenvalue weighted by molar-refractivity contribution is -0.142. The Kier molecular flexibility index (Phi) is 7.22. The zero-order valence-corrected chi connectivity index (χ0v) is 12.9. The van der Waals surface area contributed by atoms with E-state index >= 15 is 0 Å². The minimum atomic E-state index is -0.195. The first-order valence-electron chi connectivity index (χ1n) is 7.11. The first-order valence-corrected chi connectivity index (χ1v) is 7.11. The summed E-state index contributed by atoms with van der Waals surface area (Å²) in [7, 11) is 0. The van der Waals surface area contributed by atoms with Gasteiger partial charge < -0.3 is 9.64 Å². The molecule has 1 aromatic rings. The Bertz CT molecular complexity index is 590. The van der Waals surface area contributed by atoms with E-state index in [9.17, 15) is 4.79 Å². The Morgan fingerprint density at radius 1 is 1.23 bits per heavy atom. The van der Waals surface area contributed by atoms with Gasteiger partial charge in [-0.3, -0.25) is 4.79 Å². The maximum absolute atomic E-state index is 11.4. The number of rotatable bonds is 7. The Hall–Kier alpha value is -2.79. The van der Waals surface area contributed by atoms with E-state index in [0.717, 1.165) is 17.8 Å². The molecule has 1 rings (SSSR count). The molecule has 0 atom stereocenters. The van der Waals surface area contributed by atoms with E-state index in [1.165, 1.54) is 0 Å². The smallest absolute Gasteiger partial charge is 0.466 e. The standard InChI is InChI=1S/C17H19N3O2/c1-5-20(12-11-17(21)22-6-2)15-9-7-14(8-10-15)13-16(18-3)19-4/h7-10,13H,5-6,11-12H2,1-2H3. The molecular formula is C17H19N3O2. The van der Waals surface area contributed by atoms with Crippen LogP contribution in [0.4, 0.5) is 5.69 Å². The lowest BCUT2D eigenvalue weighted by Crippen LogP contribution is -2.26. The maximum Gasteiger partial charge on any atom is 0.519 e. The summed E-state index contributed by atoms with van der Waals surface area (Å²) in [6, 6.07) is 7.56. The molecule has 0 fully saturated rings. The Labute approximate surface area is 131 Å². The SMILES string of the molecule is [C-]#[N+]C(=Cc1ccc(N(CC)CCC(=O)OCC)cc1)[N+]#[C-]. The van der Waals surface area contributed by atoms with Crippen molar-refractivity contribution in [2.45, 2.75) is 20.3 Å². The van der Waals surface area contributed by atoms with E-state index in [4.69, 9.17) is 17.9 Å². The Morgan fingerprint density at radius 2 is 1.86 bits per heavy atom. The van der Waals surface area contributed by atoms with Gasteiger partial charge in [0, 0.05) is 24.9 Å². The molecule has 1 aromatic carbocycles. The second-order valence-corrected chi connectivity index (χ2v) is 4.45. The first kappa shape index (κ1) is 17.3. The van der Waals surface area contributed by atoms with E-state index < -0.39 is 0 Å². The third-order valence-corrected chi connectivity index (χ3v) is 3.06. The molecular weight excluding hydrogens is 278 g/mol. The molecule has 0 bridgehead atoms. The number of nitrogens with zero attached hydrogens (tertiary/aromatic N) is 3. The minimum Gasteiger partial charge on any atom is -0.466 e. The van der Waals surface area contributed by atoms with Gasteiger partial charge in [0.2, 0.25) is 0 Å². The van der Waals surface area contributed by atoms with Crippen molar-refractivity contribution in [3.05, 3.63) is 58.5 Å². The van der Waals surface area contributed by atoms with Gasteiger partial charge in [-0.05, 0) is 31.5 Å². The summed E-state index contributed by atoms with van der Waals surface area (Å²) >= 11 is 0. The summed E-state index contributed by atoms with van der Waals surface area (Å²) in [4.78, 5) is 19.8. The fourth-order valence-corrected chi connectivity index (χ4v) is 1.95. The van der Waals surface area contributed by atoms with Gasteiger partial charge in [0.05, 0.1) is 13.0 Å². The highest BCUT2D eigenvalue weighted by atomic mass is 16.5. The van der Waals surface area contributed by atoms with Crippen LogP contribution in [0, 0.1) is 13.1 Å². The van der Waals surface area contributed by atoms with Gasteiger partial charge in [-0.25, -0.2) is 0 Å². The topological polar surface area (TPSA) is 38.3 Å². The lowest BCUT2D eigenvalue weighted by Gasteiger charge is -2.22. The van der Waals surface area contributed by atoms with Gasteiger partial charge in [0.15, 0.2) is 0 Å². The van der Waals surface area contributed by atoms with Gasteiger partial charge >= 0.3 is 11.8 Å². The summed E-state index contributed by atoms with van der Waals surface area (Å²) in [5, 5.41) is 0. The number of ether oxygens (including phenoxy) is 1. The molecule has 0 radical (unpaired) electrons. The highest BCUT2D eigenvalue weighted by Gasteiger charge is 2.09. The van der Waals surface area contributed by atoms with Gasteiger partial charge in [0.25, 0.3) is 0 Å². The number of carbonyl (C=O) groups excluding carboxylic acids is 1. The summed E-state index contributed by atoms with van der Waals surface area (Å²) in [5.41, 5.74) is 1.81. The van der Waals surface area contributed by atoms with Crippen LogP contribution in [0.2, 0.25) is 0 Å². The van der Waals surface area contributed by atoms with Gasteiger partial charge in [-0.15, -0.1) is 0 Å². The fraction of sp³-hybridized carbons (Fsp3) is 0.353. The highest BCUT2D eigenvalue weighted by molar-refractivity contribution is 5.70. The number of benzene rings is 1. The normalized spacial score (nSPS) is 9.27. The summed E-state index contributed by atoms with van der Waals surface area (Å²) in [5.74, 6) is -0.151. The molecule has 114 valence electrons. The van der Waals surface area contributed by atoms with Crippen molar-refractivity contribution in [2.75, 3.05) is 24.6 Å². The molecule has 0 heterocycles. The predicted molar refractivity (Wildman–Crippen MR) is 86.8 cm³/mol. The van der Waals surface area contributed by atoms with Crippen LogP contribution >= 0.6 is 0 Å². The van der Waals surface area contributed by atoms with Crippen LogP contribution in [-0.4, -0.2) is 25.7 Å². The fourth-order valence-electron chi connectivity index (χ4n) is 1.95. The van der Waals surface area contributed by atoms with Crippen LogP contribution in [0.25, 0.3) is 15.8 Å². The van der Waals surface area contributed by atoms with Crippen LogP contribution < -0.4 is 4.90 Å². The zero-order valence-electron chi connectivity index (χ0n) is 12.9. The number of carbonyl (C=O) groups is 1. The molecule has 5 heteroatoms. The van der Waals surface area contributed by atoms with Gasteiger partial charge in [-0.1, -0.05) is 12.1 Å². The summed E-state index contributed by atoms with van der Waals surface area (Å²) in [6.45, 7) is 19.3. The second-order valence-electron chi connectivity index (χ2n) is 4.45. The van der Waals surface area contributed by atoms with E-state index in [1.807, 2.05) is 31.2 Å². The van der Waals surface area contributed by atoms with Crippen molar-refractivity contribution in [1.82, 2.24) is 0 Å². The molecule has 0 aliphatic carbocycles. The van der Waals surface area contributed by atoms with Crippen LogP contribution in [-0.2, 0) is 9.53 Å². The third kappa shape index (κ3) is 5.30. The molecule has 0 amide bonds. The average molecular weight is 297 g/mol. The zero-order chi connectivity index (χ0) is 16.4. The molecule has 0 saturated carbocycles. The lowest BCUT2D eigenvalue weighted by atomic mass is 10.2. The molecule has 5 nitrogen and oxygen atoms in total. The average Bonchev–Trinajstić information content (AvgIpc) is 2.54. The third-order valence-electron chi connectivity index (χ3n) is 3.06. The molecule has 22 heavy (non-hydrogen) atoms. The number of esters is 1. The van der Waals surface area contributed by atoms with Crippen LogP contribution in [0.5, 0.6) is 0 Å². The number of hydrogen-bond donors (Lipinski definition) is 0. The van der Waals surface area contributed by atoms with Gasteiger partial charge in [0.1, 0.15) is 13.1 Å². The molecule has 0 saturated heterocycles. The van der Waals surface area contributed by atoms with E-state index in [0.29, 0.717) is 19.6 Å². The van der Waals surface area contributed by atoms with Crippen molar-refractivity contribution in [2.24, 2.45) is 0 Å². The second kappa shape index (κ2) is 9.20. The van der Waals surface area contributed by atoms with Crippen molar-refractivity contribution >= 4 is 17.7 Å². The minimum absolute atomic E-state index is 0.0439. The highest BCUT2D eigenvalue weighted by Crippen LogP contribution is 2.18. The molecule has 0 spiro atoms. The largest absolute Gasteiger partial charge is 0.519 e. The van der Waals surface area contributed by atoms with Crippen LogP contribution in [0.15, 0.2) is 30.1 Å². The van der Waals surface area contributed by atoms with E-state index in [1.54, 1.807) is 13.0 Å². The van der Waals surface area contributed by atoms with Gasteiger partial charge in [-0.2, -0.15) is 9.69 Å². The van der Waals surface area contributed by atoms with E-state index in [2.05, 4.69) is 14.6 Å². The molecule has 0 aliphatic heterocycles. The molecule has 0 aliphatic rings. The maximum atomic E-state index is 11.4. The Morgan fingerprint density at radius 3 is 2.36 bits per heavy atom. The number of anilines is 1. The molecule has 0 N–H and O–H groups in total. The molecule has 0 aromatic heterocycles. The van der Waals surface area contributed by atoms with Crippen LogP contribution in [0.1, 0.15) is 25.8 Å². The summed E-state index contributed by atoms with van der Waals surface area (Å²) in [6.07, 6.45) is 1.90. The monoisotopic (exact) mass is 297 g/mol. The number of hydrogen-bond acceptors (Lipinski definition) is 3. The predicted octanol–water partition coefficient (Wildman–Crippen LogP) is 3.60. The van der Waals surface area contributed by atoms with Crippen molar-refractivity contribution in [1.29, 1.82) is 0 Å². The van der Waals surface area contributed by atoms with Crippen molar-refractivity contribution in [3.63, 3.8) is 0 Å². The van der Waals surface area contributed by atoms with Crippen molar-refractivity contribution < 1.29 is 9.53 Å². The van der Waals surface area contributed by atoms with E-state index in [-0.39, 0.29) is 11.8 Å². The first-order chi connectivity index (χ1) is 10.6. The summed E-state index contributed by atoms with van der Waals surface area (Å²) < 4.78 is 4.93.